The monoisotopic (exact) mass is 620 g/mol. The van der Waals surface area contributed by atoms with Gasteiger partial charge in [-0.2, -0.15) is 0 Å². The Balaban J connectivity index is 1.70. The Morgan fingerprint density at radius 1 is 1.05 bits per heavy atom. The summed E-state index contributed by atoms with van der Waals surface area (Å²) in [6.07, 6.45) is 2.35. The van der Waals surface area contributed by atoms with Crippen molar-refractivity contribution in [2.24, 2.45) is 0 Å². The van der Waals surface area contributed by atoms with E-state index in [0.717, 1.165) is 17.5 Å². The highest BCUT2D eigenvalue weighted by Gasteiger charge is 2.37. The van der Waals surface area contributed by atoms with Gasteiger partial charge in [-0.1, -0.05) is 52.5 Å². The van der Waals surface area contributed by atoms with E-state index in [1.165, 1.54) is 22.0 Å². The summed E-state index contributed by atoms with van der Waals surface area (Å²) in [7, 11) is 1.48. The van der Waals surface area contributed by atoms with Crippen LogP contribution in [0.1, 0.15) is 5.56 Å². The molecule has 0 N–H and O–H groups in total. The van der Waals surface area contributed by atoms with E-state index in [0.29, 0.717) is 54.6 Å². The van der Waals surface area contributed by atoms with Gasteiger partial charge in [0.25, 0.3) is 19.7 Å². The highest BCUT2D eigenvalue weighted by molar-refractivity contribution is 7.90. The van der Waals surface area contributed by atoms with Gasteiger partial charge >= 0.3 is 0 Å². The fourth-order valence-electron chi connectivity index (χ4n) is 4.50. The molecule has 2 heterocycles. The third-order valence-corrected chi connectivity index (χ3v) is 8.89. The first-order valence-corrected chi connectivity index (χ1v) is 14.8. The lowest BCUT2D eigenvalue weighted by molar-refractivity contribution is -0.130. The van der Waals surface area contributed by atoms with Gasteiger partial charge in [0.1, 0.15) is 5.75 Å². The Bertz CT molecular complexity index is 1450. The van der Waals surface area contributed by atoms with E-state index in [4.69, 9.17) is 51.1 Å². The molecule has 0 aliphatic carbocycles. The maximum atomic E-state index is 14.0. The molecule has 13 heteroatoms. The van der Waals surface area contributed by atoms with Gasteiger partial charge in [-0.25, -0.2) is 12.4 Å². The Morgan fingerprint density at radius 3 is 2.34 bits per heavy atom. The molecule has 1 aliphatic heterocycles. The summed E-state index contributed by atoms with van der Waals surface area (Å²) in [6.45, 7) is 2.19. The van der Waals surface area contributed by atoms with Crippen LogP contribution >= 0.6 is 46.4 Å². The maximum absolute atomic E-state index is 14.0. The van der Waals surface area contributed by atoms with Gasteiger partial charge in [0.2, 0.25) is 0 Å². The van der Waals surface area contributed by atoms with Crippen LogP contribution in [0.2, 0.25) is 5.02 Å². The van der Waals surface area contributed by atoms with Gasteiger partial charge in [-0.05, 0) is 56.4 Å². The van der Waals surface area contributed by atoms with Gasteiger partial charge in [-0.15, -0.1) is 0 Å². The first-order chi connectivity index (χ1) is 17.8. The smallest absolute Gasteiger partial charge is 0.274 e. The minimum Gasteiger partial charge on any atom is -0.495 e. The zero-order chi connectivity index (χ0) is 27.8. The molecule has 1 aromatic heterocycles. The second-order valence-corrected chi connectivity index (χ2v) is 13.8. The third-order valence-electron chi connectivity index (χ3n) is 6.50. The van der Waals surface area contributed by atoms with Crippen molar-refractivity contribution in [2.75, 3.05) is 58.8 Å². The van der Waals surface area contributed by atoms with Gasteiger partial charge < -0.3 is 19.4 Å². The molecule has 1 fully saturated rings. The number of carbonyl (C=O) groups excluding carboxylic acids is 1. The number of amides is 1. The van der Waals surface area contributed by atoms with Crippen LogP contribution in [0.25, 0.3) is 10.9 Å². The Morgan fingerprint density at radius 2 is 1.74 bits per heavy atom. The molecule has 38 heavy (non-hydrogen) atoms. The number of nitrogens with zero attached hydrogens (tertiary/aromatic N) is 4. The van der Waals surface area contributed by atoms with Crippen LogP contribution in [0.3, 0.4) is 0 Å². The number of benzene rings is 2. The molecule has 3 aromatic rings. The molecule has 0 unspecified atom stereocenters. The predicted molar refractivity (Wildman–Crippen MR) is 154 cm³/mol. The van der Waals surface area contributed by atoms with Crippen LogP contribution in [-0.4, -0.2) is 85.8 Å². The molecule has 4 rings (SSSR count). The zero-order valence-corrected chi connectivity index (χ0v) is 25.0. The van der Waals surface area contributed by atoms with E-state index in [1.54, 1.807) is 30.5 Å². The normalized spacial score (nSPS) is 14.9. The summed E-state index contributed by atoms with van der Waals surface area (Å²) in [5.41, 5.74) is 2.02. The average Bonchev–Trinajstić information content (AvgIpc) is 3.24. The van der Waals surface area contributed by atoms with Gasteiger partial charge in [0, 0.05) is 49.3 Å². The van der Waals surface area contributed by atoms with E-state index in [1.807, 2.05) is 30.0 Å². The third kappa shape index (κ3) is 5.98. The first kappa shape index (κ1) is 29.1. The van der Waals surface area contributed by atoms with Crippen LogP contribution in [0.5, 0.6) is 5.75 Å². The second kappa shape index (κ2) is 11.3. The standard InChI is InChI=1S/C25H28Cl4N4O4S/c1-30(2)9-8-17-16-33(21-14-18(26)4-6-20(17)21)38(35,36)19-5-7-23(37-3)22(15-19)31-10-12-32(13-11-31)24(34)25(27,28)29/h4-7,14-16H,8-13H2,1-3H3. The number of likely N-dealkylation sites (N-methyl/N-ethyl adjacent to an activating group) is 1. The highest BCUT2D eigenvalue weighted by Crippen LogP contribution is 2.35. The van der Waals surface area contributed by atoms with Crippen molar-refractivity contribution in [2.45, 2.75) is 15.1 Å². The number of anilines is 1. The van der Waals surface area contributed by atoms with E-state index in [-0.39, 0.29) is 4.90 Å². The number of ether oxygens (including phenoxy) is 1. The Labute approximate surface area is 242 Å². The number of fused-ring (bicyclic) bond motifs is 1. The van der Waals surface area contributed by atoms with E-state index in [9.17, 15) is 13.2 Å². The Kier molecular flexibility index (Phi) is 8.67. The molecule has 1 saturated heterocycles. The van der Waals surface area contributed by atoms with E-state index >= 15 is 0 Å². The van der Waals surface area contributed by atoms with Crippen molar-refractivity contribution in [1.82, 2.24) is 13.8 Å². The number of rotatable bonds is 7. The molecular weight excluding hydrogens is 594 g/mol. The number of aromatic nitrogens is 1. The van der Waals surface area contributed by atoms with Crippen LogP contribution in [0.4, 0.5) is 5.69 Å². The van der Waals surface area contributed by atoms with Crippen molar-refractivity contribution in [1.29, 1.82) is 0 Å². The van der Waals surface area contributed by atoms with Crippen molar-refractivity contribution < 1.29 is 17.9 Å². The number of halogens is 4. The first-order valence-electron chi connectivity index (χ1n) is 11.8. The Hall–Kier alpha value is -1.88. The molecule has 1 aliphatic rings. The molecule has 0 saturated carbocycles. The zero-order valence-electron chi connectivity index (χ0n) is 21.1. The van der Waals surface area contributed by atoms with Crippen molar-refractivity contribution >= 4 is 78.9 Å². The minimum absolute atomic E-state index is 0.101. The molecule has 0 radical (unpaired) electrons. The summed E-state index contributed by atoms with van der Waals surface area (Å²) in [4.78, 5) is 17.9. The van der Waals surface area contributed by atoms with Crippen molar-refractivity contribution in [3.8, 4) is 5.75 Å². The number of hydrogen-bond acceptors (Lipinski definition) is 6. The fraction of sp³-hybridized carbons (Fsp3) is 0.400. The largest absolute Gasteiger partial charge is 0.495 e. The SMILES string of the molecule is COc1ccc(S(=O)(=O)n2cc(CCN(C)C)c3ccc(Cl)cc32)cc1N1CCN(C(=O)C(Cl)(Cl)Cl)CC1. The van der Waals surface area contributed by atoms with Crippen LogP contribution in [0.15, 0.2) is 47.5 Å². The maximum Gasteiger partial charge on any atom is 0.274 e. The lowest BCUT2D eigenvalue weighted by Gasteiger charge is -2.37. The van der Waals surface area contributed by atoms with Gasteiger partial charge in [0.05, 0.1) is 23.2 Å². The summed E-state index contributed by atoms with van der Waals surface area (Å²) in [5, 5.41) is 1.28. The van der Waals surface area contributed by atoms with Crippen LogP contribution in [-0.2, 0) is 21.2 Å². The number of carbonyl (C=O) groups is 1. The molecule has 206 valence electrons. The van der Waals surface area contributed by atoms with Crippen molar-refractivity contribution in [3.05, 3.63) is 53.2 Å². The number of piperazine rings is 1. The highest BCUT2D eigenvalue weighted by atomic mass is 35.6. The summed E-state index contributed by atoms with van der Waals surface area (Å²) in [6, 6.07) is 10.0. The van der Waals surface area contributed by atoms with Crippen LogP contribution < -0.4 is 9.64 Å². The molecule has 0 atom stereocenters. The second-order valence-electron chi connectivity index (χ2n) is 9.28. The molecule has 2 aromatic carbocycles. The minimum atomic E-state index is -3.98. The molecule has 0 spiro atoms. The summed E-state index contributed by atoms with van der Waals surface area (Å²) in [5.74, 6) is -0.0779. The lowest BCUT2D eigenvalue weighted by Crippen LogP contribution is -2.51. The molecule has 8 nitrogen and oxygen atoms in total. The van der Waals surface area contributed by atoms with E-state index < -0.39 is 19.7 Å². The summed E-state index contributed by atoms with van der Waals surface area (Å²) >= 11 is 23.5. The summed E-state index contributed by atoms with van der Waals surface area (Å²) < 4.78 is 32.7. The molecule has 1 amide bonds. The molecular formula is C25H28Cl4N4O4S. The molecule has 0 bridgehead atoms. The van der Waals surface area contributed by atoms with E-state index in [2.05, 4.69) is 0 Å². The van der Waals surface area contributed by atoms with Gasteiger partial charge in [0.15, 0.2) is 0 Å². The average molecular weight is 622 g/mol. The number of methoxy groups -OCH3 is 1. The topological polar surface area (TPSA) is 75.1 Å². The quantitative estimate of drug-likeness (QED) is 0.357. The van der Waals surface area contributed by atoms with Crippen molar-refractivity contribution in [3.63, 3.8) is 0 Å². The lowest BCUT2D eigenvalue weighted by atomic mass is 10.1. The van der Waals surface area contributed by atoms with Crippen LogP contribution in [0, 0.1) is 0 Å². The number of alkyl halides is 3. The fourth-order valence-corrected chi connectivity index (χ4v) is 6.43. The predicted octanol–water partition coefficient (Wildman–Crippen LogP) is 4.66. The number of hydrogen-bond donors (Lipinski definition) is 0. The van der Waals surface area contributed by atoms with Gasteiger partial charge in [-0.3, -0.25) is 4.79 Å².